The number of halogens is 1. The molecule has 0 aliphatic heterocycles. The first-order valence-corrected chi connectivity index (χ1v) is 14.9. The molecule has 0 heterocycles. The maximum absolute atomic E-state index is 14.4. The minimum absolute atomic E-state index is 0.133. The summed E-state index contributed by atoms with van der Waals surface area (Å²) in [6.45, 7) is 9.19. The molecule has 3 aromatic rings. The van der Waals surface area contributed by atoms with Crippen LogP contribution in [0.4, 0.5) is 4.39 Å². The van der Waals surface area contributed by atoms with Crippen LogP contribution in [0.3, 0.4) is 0 Å². The first kappa shape index (κ1) is 30.9. The Hall–Kier alpha value is -4.08. The fourth-order valence-corrected chi connectivity index (χ4v) is 6.39. The molecule has 7 nitrogen and oxygen atoms in total. The number of esters is 1. The van der Waals surface area contributed by atoms with Crippen molar-refractivity contribution >= 4 is 39.2 Å². The van der Waals surface area contributed by atoms with Crippen LogP contribution in [0.25, 0.3) is 17.2 Å². The lowest BCUT2D eigenvalue weighted by atomic mass is 9.78. The van der Waals surface area contributed by atoms with E-state index >= 15 is 0 Å². The van der Waals surface area contributed by atoms with Gasteiger partial charge in [-0.2, -0.15) is 0 Å². The summed E-state index contributed by atoms with van der Waals surface area (Å²) in [5.41, 5.74) is 5.78. The number of ether oxygens (including phenoxy) is 1. The number of sulfonamides is 1. The molecule has 0 atom stereocenters. The standard InChI is InChI=1S/C33H34FNO6S/c1-19-13-20(2)32(33(4,5)18-30(36)37)29(14-19)41-31(38)17-27-21(3)26(25-12-9-23(34)16-28(25)27)15-22-7-10-24(11-8-22)42(39,40)35-6/h7-16,35H,17-18H2,1-6H3,(H,36,37)/b26-15+. The number of carboxylic acid groups (broad SMARTS) is 1. The van der Waals surface area contributed by atoms with Crippen LogP contribution in [0.2, 0.25) is 0 Å². The van der Waals surface area contributed by atoms with E-state index in [2.05, 4.69) is 4.72 Å². The number of benzene rings is 3. The highest BCUT2D eigenvalue weighted by molar-refractivity contribution is 7.89. The van der Waals surface area contributed by atoms with Crippen LogP contribution in [0, 0.1) is 19.7 Å². The van der Waals surface area contributed by atoms with Crippen molar-refractivity contribution in [3.63, 3.8) is 0 Å². The lowest BCUT2D eigenvalue weighted by Crippen LogP contribution is -2.25. The van der Waals surface area contributed by atoms with Crippen molar-refractivity contribution in [2.24, 2.45) is 0 Å². The van der Waals surface area contributed by atoms with Crippen LogP contribution in [-0.4, -0.2) is 32.5 Å². The van der Waals surface area contributed by atoms with Gasteiger partial charge in [0.05, 0.1) is 17.7 Å². The van der Waals surface area contributed by atoms with Gasteiger partial charge < -0.3 is 9.84 Å². The Balaban J connectivity index is 1.70. The number of allylic oxidation sites excluding steroid dienone is 2. The normalized spacial score (nSPS) is 14.3. The summed E-state index contributed by atoms with van der Waals surface area (Å²) in [6, 6.07) is 14.4. The zero-order valence-corrected chi connectivity index (χ0v) is 25.3. The van der Waals surface area contributed by atoms with Gasteiger partial charge in [0, 0.05) is 11.0 Å². The Morgan fingerprint density at radius 1 is 1.00 bits per heavy atom. The van der Waals surface area contributed by atoms with Crippen molar-refractivity contribution in [2.75, 3.05) is 7.05 Å². The van der Waals surface area contributed by atoms with Gasteiger partial charge in [-0.05, 0) is 109 Å². The van der Waals surface area contributed by atoms with Gasteiger partial charge in [-0.25, -0.2) is 17.5 Å². The third-order valence-corrected chi connectivity index (χ3v) is 8.91. The van der Waals surface area contributed by atoms with Gasteiger partial charge in [0.1, 0.15) is 11.6 Å². The molecule has 1 aliphatic carbocycles. The van der Waals surface area contributed by atoms with Crippen molar-refractivity contribution < 1.29 is 32.2 Å². The highest BCUT2D eigenvalue weighted by Crippen LogP contribution is 2.44. The highest BCUT2D eigenvalue weighted by atomic mass is 32.2. The molecule has 3 aromatic carbocycles. The molecule has 0 unspecified atom stereocenters. The van der Waals surface area contributed by atoms with Crippen LogP contribution in [0.5, 0.6) is 5.75 Å². The van der Waals surface area contributed by atoms with E-state index < -0.39 is 33.2 Å². The van der Waals surface area contributed by atoms with E-state index in [1.54, 1.807) is 38.1 Å². The van der Waals surface area contributed by atoms with E-state index in [9.17, 15) is 27.5 Å². The maximum atomic E-state index is 14.4. The minimum Gasteiger partial charge on any atom is -0.481 e. The molecule has 2 N–H and O–H groups in total. The van der Waals surface area contributed by atoms with Crippen LogP contribution >= 0.6 is 0 Å². The highest BCUT2D eigenvalue weighted by Gasteiger charge is 2.31. The van der Waals surface area contributed by atoms with E-state index in [1.165, 1.54) is 31.3 Å². The third kappa shape index (κ3) is 6.37. The summed E-state index contributed by atoms with van der Waals surface area (Å²) in [5.74, 6) is -1.64. The zero-order valence-electron chi connectivity index (χ0n) is 24.5. The zero-order chi connectivity index (χ0) is 31.0. The molecule has 4 rings (SSSR count). The van der Waals surface area contributed by atoms with Gasteiger partial charge in [0.2, 0.25) is 10.0 Å². The number of aliphatic carboxylic acids is 1. The molecule has 0 radical (unpaired) electrons. The average Bonchev–Trinajstić information content (AvgIpc) is 3.12. The average molecular weight is 592 g/mol. The van der Waals surface area contributed by atoms with Crippen molar-refractivity contribution in [3.05, 3.63) is 99.4 Å². The molecule has 1 aliphatic rings. The van der Waals surface area contributed by atoms with E-state index in [-0.39, 0.29) is 17.7 Å². The predicted molar refractivity (Wildman–Crippen MR) is 161 cm³/mol. The largest absolute Gasteiger partial charge is 0.481 e. The second kappa shape index (κ2) is 11.7. The number of hydrogen-bond acceptors (Lipinski definition) is 5. The number of carbonyl (C=O) groups is 2. The molecule has 0 bridgehead atoms. The van der Waals surface area contributed by atoms with Gasteiger partial charge in [-0.3, -0.25) is 9.59 Å². The topological polar surface area (TPSA) is 110 Å². The SMILES string of the molecule is CNS(=O)(=O)c1ccc(/C=C2\C(C)=C(CC(=O)Oc3cc(C)cc(C)c3C(C)(C)CC(=O)O)c3cc(F)ccc32)cc1. The molecular weight excluding hydrogens is 557 g/mol. The van der Waals surface area contributed by atoms with Gasteiger partial charge in [0.25, 0.3) is 0 Å². The molecule has 0 fully saturated rings. The number of hydrogen-bond donors (Lipinski definition) is 2. The lowest BCUT2D eigenvalue weighted by molar-refractivity contribution is -0.138. The molecular formula is C33H34FNO6S. The predicted octanol–water partition coefficient (Wildman–Crippen LogP) is 6.43. The molecule has 0 saturated carbocycles. The van der Waals surface area contributed by atoms with Crippen LogP contribution in [0.1, 0.15) is 67.0 Å². The van der Waals surface area contributed by atoms with Crippen molar-refractivity contribution in [2.45, 2.75) is 57.8 Å². The van der Waals surface area contributed by atoms with Crippen molar-refractivity contribution in [3.8, 4) is 5.75 Å². The summed E-state index contributed by atoms with van der Waals surface area (Å²) in [6.07, 6.45) is 1.59. The maximum Gasteiger partial charge on any atom is 0.315 e. The first-order chi connectivity index (χ1) is 19.6. The fourth-order valence-electron chi connectivity index (χ4n) is 5.66. The summed E-state index contributed by atoms with van der Waals surface area (Å²) in [7, 11) is -2.24. The number of rotatable bonds is 9. The summed E-state index contributed by atoms with van der Waals surface area (Å²) in [5, 5.41) is 9.47. The summed E-state index contributed by atoms with van der Waals surface area (Å²) < 4.78 is 46.8. The molecule has 0 spiro atoms. The van der Waals surface area contributed by atoms with Crippen molar-refractivity contribution in [1.29, 1.82) is 0 Å². The molecule has 0 saturated heterocycles. The first-order valence-electron chi connectivity index (χ1n) is 13.4. The second-order valence-corrected chi connectivity index (χ2v) is 13.1. The summed E-state index contributed by atoms with van der Waals surface area (Å²) in [4.78, 5) is 25.1. The monoisotopic (exact) mass is 591 g/mol. The molecule has 9 heteroatoms. The Bertz CT molecular complexity index is 1750. The van der Waals surface area contributed by atoms with Crippen LogP contribution in [0.15, 0.2) is 65.1 Å². The number of fused-ring (bicyclic) bond motifs is 1. The van der Waals surface area contributed by atoms with Gasteiger partial charge in [-0.15, -0.1) is 0 Å². The van der Waals surface area contributed by atoms with E-state index in [0.717, 1.165) is 33.4 Å². The molecule has 0 aromatic heterocycles. The Kier molecular flexibility index (Phi) is 8.57. The lowest BCUT2D eigenvalue weighted by Gasteiger charge is -2.28. The van der Waals surface area contributed by atoms with E-state index in [4.69, 9.17) is 4.74 Å². The van der Waals surface area contributed by atoms with E-state index in [0.29, 0.717) is 22.4 Å². The van der Waals surface area contributed by atoms with Gasteiger partial charge in [-0.1, -0.05) is 38.1 Å². The number of aryl methyl sites for hydroxylation is 2. The van der Waals surface area contributed by atoms with Crippen LogP contribution in [-0.2, 0) is 25.0 Å². The third-order valence-electron chi connectivity index (χ3n) is 7.48. The van der Waals surface area contributed by atoms with Gasteiger partial charge in [0.15, 0.2) is 0 Å². The molecule has 220 valence electrons. The Labute approximate surface area is 245 Å². The quantitative estimate of drug-likeness (QED) is 0.219. The van der Waals surface area contributed by atoms with Gasteiger partial charge >= 0.3 is 11.9 Å². The minimum atomic E-state index is -3.58. The fraction of sp³-hybridized carbons (Fsp3) is 0.273. The number of carbonyl (C=O) groups excluding carboxylic acids is 1. The Morgan fingerprint density at radius 2 is 1.67 bits per heavy atom. The molecule has 0 amide bonds. The molecule has 42 heavy (non-hydrogen) atoms. The van der Waals surface area contributed by atoms with Crippen molar-refractivity contribution in [1.82, 2.24) is 4.72 Å². The second-order valence-electron chi connectivity index (χ2n) is 11.2. The number of carboxylic acids is 1. The number of nitrogens with one attached hydrogen (secondary N) is 1. The smallest absolute Gasteiger partial charge is 0.315 e. The Morgan fingerprint density at radius 3 is 2.29 bits per heavy atom. The summed E-state index contributed by atoms with van der Waals surface area (Å²) >= 11 is 0. The van der Waals surface area contributed by atoms with E-state index in [1.807, 2.05) is 32.9 Å². The van der Waals surface area contributed by atoms with Crippen LogP contribution < -0.4 is 9.46 Å².